The third-order valence-electron chi connectivity index (χ3n) is 1.43. The third-order valence-corrected chi connectivity index (χ3v) is 2.45. The maximum Gasteiger partial charge on any atom is 0.421 e. The van der Waals surface area contributed by atoms with Gasteiger partial charge in [-0.25, -0.2) is 9.52 Å². The standard InChI is InChI=1S/C6H14N4O5S/c1-15-6(11)10-16(13,14)8-4-2-3-5(7)9-12/h8,12H,2-4H2,1H3,(H2,7,9)(H,10,11). The number of amidine groups is 1. The molecule has 0 aliphatic carbocycles. The zero-order chi connectivity index (χ0) is 12.6. The Morgan fingerprint density at radius 2 is 2.19 bits per heavy atom. The van der Waals surface area contributed by atoms with Crippen molar-refractivity contribution in [1.82, 2.24) is 9.44 Å². The molecule has 0 bridgehead atoms. The summed E-state index contributed by atoms with van der Waals surface area (Å²) < 4.78 is 29.9. The number of methoxy groups -OCH3 is 1. The molecule has 1 amide bonds. The molecule has 16 heavy (non-hydrogen) atoms. The molecule has 0 spiro atoms. The van der Waals surface area contributed by atoms with Crippen LogP contribution < -0.4 is 15.2 Å². The Bertz CT molecular complexity index is 352. The largest absolute Gasteiger partial charge is 0.452 e. The van der Waals surface area contributed by atoms with Gasteiger partial charge in [-0.1, -0.05) is 5.16 Å². The molecule has 0 saturated carbocycles. The van der Waals surface area contributed by atoms with E-state index in [4.69, 9.17) is 10.9 Å². The third kappa shape index (κ3) is 6.84. The van der Waals surface area contributed by atoms with Crippen molar-refractivity contribution in [2.75, 3.05) is 13.7 Å². The number of carbonyl (C=O) groups excluding carboxylic acids is 1. The van der Waals surface area contributed by atoms with Gasteiger partial charge in [-0.3, -0.25) is 0 Å². The SMILES string of the molecule is COC(=O)NS(=O)(=O)NCCCC(N)=NO. The highest BCUT2D eigenvalue weighted by Gasteiger charge is 2.13. The first-order valence-electron chi connectivity index (χ1n) is 4.23. The highest BCUT2D eigenvalue weighted by Crippen LogP contribution is 1.88. The van der Waals surface area contributed by atoms with Gasteiger partial charge in [0.05, 0.1) is 7.11 Å². The van der Waals surface area contributed by atoms with Gasteiger partial charge in [0.25, 0.3) is 0 Å². The molecule has 0 heterocycles. The van der Waals surface area contributed by atoms with Crippen molar-refractivity contribution >= 4 is 22.1 Å². The Kier molecular flexibility index (Phi) is 6.18. The van der Waals surface area contributed by atoms with E-state index in [9.17, 15) is 13.2 Å². The summed E-state index contributed by atoms with van der Waals surface area (Å²) in [6.07, 6.45) is -0.515. The molecule has 94 valence electrons. The van der Waals surface area contributed by atoms with Gasteiger partial charge in [-0.2, -0.15) is 13.1 Å². The molecule has 0 aliphatic heterocycles. The van der Waals surface area contributed by atoms with E-state index in [1.807, 2.05) is 0 Å². The summed E-state index contributed by atoms with van der Waals surface area (Å²) in [7, 11) is -2.87. The van der Waals surface area contributed by atoms with Crippen LogP contribution in [0.15, 0.2) is 5.16 Å². The molecule has 0 aliphatic rings. The monoisotopic (exact) mass is 254 g/mol. The molecule has 0 aromatic rings. The molecule has 0 saturated heterocycles. The van der Waals surface area contributed by atoms with E-state index in [2.05, 4.69) is 14.6 Å². The van der Waals surface area contributed by atoms with Gasteiger partial charge in [-0.05, 0) is 6.42 Å². The Morgan fingerprint density at radius 1 is 1.56 bits per heavy atom. The van der Waals surface area contributed by atoms with Crippen molar-refractivity contribution in [3.8, 4) is 0 Å². The second-order valence-electron chi connectivity index (χ2n) is 2.69. The first-order valence-corrected chi connectivity index (χ1v) is 5.71. The minimum atomic E-state index is -3.92. The topological polar surface area (TPSA) is 143 Å². The molecule has 10 heteroatoms. The molecule has 0 radical (unpaired) electrons. The van der Waals surface area contributed by atoms with Crippen LogP contribution in [-0.4, -0.2) is 39.2 Å². The van der Waals surface area contributed by atoms with Crippen molar-refractivity contribution in [3.63, 3.8) is 0 Å². The summed E-state index contributed by atoms with van der Waals surface area (Å²) in [6.45, 7) is 0.0442. The predicted octanol–water partition coefficient (Wildman–Crippen LogP) is -1.30. The smallest absolute Gasteiger partial charge is 0.421 e. The second-order valence-corrected chi connectivity index (χ2v) is 4.19. The van der Waals surface area contributed by atoms with E-state index in [1.54, 1.807) is 4.72 Å². The minimum absolute atomic E-state index is 0.000116. The number of nitrogens with one attached hydrogen (secondary N) is 2. The average Bonchev–Trinajstić information content (AvgIpc) is 2.23. The highest BCUT2D eigenvalue weighted by atomic mass is 32.2. The molecule has 9 nitrogen and oxygen atoms in total. The van der Waals surface area contributed by atoms with E-state index < -0.39 is 16.3 Å². The Morgan fingerprint density at radius 3 is 2.69 bits per heavy atom. The fraction of sp³-hybridized carbons (Fsp3) is 0.667. The number of carbonyl (C=O) groups is 1. The number of nitrogens with zero attached hydrogens (tertiary/aromatic N) is 1. The van der Waals surface area contributed by atoms with E-state index >= 15 is 0 Å². The predicted molar refractivity (Wildman–Crippen MR) is 55.1 cm³/mol. The molecule has 0 unspecified atom stereocenters. The number of nitrogens with two attached hydrogens (primary N) is 1. The normalized spacial score (nSPS) is 12.2. The summed E-state index contributed by atoms with van der Waals surface area (Å²) in [5.74, 6) is 0.000116. The molecule has 0 aromatic heterocycles. The molecule has 0 aromatic carbocycles. The van der Waals surface area contributed by atoms with Crippen LogP contribution in [-0.2, 0) is 14.9 Å². The van der Waals surface area contributed by atoms with Crippen LogP contribution in [0.25, 0.3) is 0 Å². The van der Waals surface area contributed by atoms with Crippen LogP contribution in [0.4, 0.5) is 4.79 Å². The lowest BCUT2D eigenvalue weighted by atomic mass is 10.3. The number of rotatable bonds is 6. The van der Waals surface area contributed by atoms with Crippen LogP contribution in [0, 0.1) is 0 Å². The van der Waals surface area contributed by atoms with E-state index in [0.29, 0.717) is 6.42 Å². The van der Waals surface area contributed by atoms with E-state index in [-0.39, 0.29) is 18.8 Å². The van der Waals surface area contributed by atoms with Crippen LogP contribution >= 0.6 is 0 Å². The van der Waals surface area contributed by atoms with Gasteiger partial charge in [0.2, 0.25) is 0 Å². The zero-order valence-corrected chi connectivity index (χ0v) is 9.45. The Labute approximate surface area is 92.8 Å². The van der Waals surface area contributed by atoms with Crippen molar-refractivity contribution in [3.05, 3.63) is 0 Å². The maximum atomic E-state index is 11.1. The summed E-state index contributed by atoms with van der Waals surface area (Å²) in [5, 5.41) is 10.9. The molecule has 0 atom stereocenters. The van der Waals surface area contributed by atoms with Crippen LogP contribution in [0.2, 0.25) is 0 Å². The molecule has 5 N–H and O–H groups in total. The second kappa shape index (κ2) is 6.85. The quantitative estimate of drug-likeness (QED) is 0.152. The number of oxime groups is 1. The average molecular weight is 254 g/mol. The Balaban J connectivity index is 3.88. The maximum absolute atomic E-state index is 11.1. The Hall–Kier alpha value is -1.55. The van der Waals surface area contributed by atoms with Crippen molar-refractivity contribution in [1.29, 1.82) is 0 Å². The number of ether oxygens (including phenoxy) is 1. The summed E-state index contributed by atoms with van der Waals surface area (Å²) in [5.41, 5.74) is 5.16. The number of hydrogen-bond acceptors (Lipinski definition) is 6. The number of hydrogen-bond donors (Lipinski definition) is 4. The lowest BCUT2D eigenvalue weighted by Crippen LogP contribution is -2.40. The molecule has 0 fully saturated rings. The first kappa shape index (κ1) is 14.5. The lowest BCUT2D eigenvalue weighted by molar-refractivity contribution is 0.177. The van der Waals surface area contributed by atoms with Crippen LogP contribution in [0.3, 0.4) is 0 Å². The summed E-state index contributed by atoms with van der Waals surface area (Å²) >= 11 is 0. The molecule has 0 rings (SSSR count). The van der Waals surface area contributed by atoms with Crippen molar-refractivity contribution < 1.29 is 23.2 Å². The highest BCUT2D eigenvalue weighted by molar-refractivity contribution is 7.88. The van der Waals surface area contributed by atoms with E-state index in [1.165, 1.54) is 0 Å². The van der Waals surface area contributed by atoms with Gasteiger partial charge in [0.15, 0.2) is 0 Å². The van der Waals surface area contributed by atoms with Crippen molar-refractivity contribution in [2.24, 2.45) is 10.9 Å². The zero-order valence-electron chi connectivity index (χ0n) is 8.63. The fourth-order valence-electron chi connectivity index (χ4n) is 0.713. The van der Waals surface area contributed by atoms with E-state index in [0.717, 1.165) is 7.11 Å². The van der Waals surface area contributed by atoms with Crippen molar-refractivity contribution in [2.45, 2.75) is 12.8 Å². The minimum Gasteiger partial charge on any atom is -0.452 e. The van der Waals surface area contributed by atoms with Gasteiger partial charge >= 0.3 is 16.3 Å². The first-order chi connectivity index (χ1) is 7.41. The van der Waals surface area contributed by atoms with Crippen LogP contribution in [0.1, 0.15) is 12.8 Å². The fourth-order valence-corrected chi connectivity index (χ4v) is 1.50. The summed E-state index contributed by atoms with van der Waals surface area (Å²) in [6, 6.07) is 0. The molecular weight excluding hydrogens is 240 g/mol. The van der Waals surface area contributed by atoms with Gasteiger partial charge in [0, 0.05) is 13.0 Å². The van der Waals surface area contributed by atoms with Gasteiger partial charge in [-0.15, -0.1) is 0 Å². The van der Waals surface area contributed by atoms with Gasteiger partial charge in [0.1, 0.15) is 5.84 Å². The lowest BCUT2D eigenvalue weighted by Gasteiger charge is -2.06. The summed E-state index contributed by atoms with van der Waals surface area (Å²) in [4.78, 5) is 10.6. The van der Waals surface area contributed by atoms with Crippen LogP contribution in [0.5, 0.6) is 0 Å². The van der Waals surface area contributed by atoms with Gasteiger partial charge < -0.3 is 15.7 Å². The molecular formula is C6H14N4O5S. The number of amides is 1.